The second kappa shape index (κ2) is 4.23. The molecule has 0 bridgehead atoms. The molecule has 2 aromatic rings. The molecule has 3 rings (SSSR count). The number of hydrogen-bond donors (Lipinski definition) is 1. The number of nitrogens with zero attached hydrogens (tertiary/aromatic N) is 1. The lowest BCUT2D eigenvalue weighted by Crippen LogP contribution is -2.36. The molecule has 0 spiro atoms. The summed E-state index contributed by atoms with van der Waals surface area (Å²) in [7, 11) is 0. The Bertz CT molecular complexity index is 687. The maximum absolute atomic E-state index is 13.4. The second-order valence-corrected chi connectivity index (χ2v) is 5.03. The van der Waals surface area contributed by atoms with E-state index in [4.69, 9.17) is 0 Å². The van der Waals surface area contributed by atoms with Crippen molar-refractivity contribution in [2.45, 2.75) is 19.9 Å². The molecule has 1 aliphatic heterocycles. The standard InChI is InChI=1S/C15H15FN2O/c1-9(2)15(19)18-6-5-14-12(8-18)11-7-10(16)3-4-13(11)17-14/h3-4,7,17H,1,5-6,8H2,2H3. The Labute approximate surface area is 110 Å². The van der Waals surface area contributed by atoms with Gasteiger partial charge >= 0.3 is 0 Å². The van der Waals surface area contributed by atoms with Crippen molar-refractivity contribution in [3.8, 4) is 0 Å². The van der Waals surface area contributed by atoms with Gasteiger partial charge in [0.25, 0.3) is 0 Å². The lowest BCUT2D eigenvalue weighted by atomic mass is 10.0. The quantitative estimate of drug-likeness (QED) is 0.784. The van der Waals surface area contributed by atoms with Gasteiger partial charge in [-0.05, 0) is 25.1 Å². The molecule has 1 amide bonds. The summed E-state index contributed by atoms with van der Waals surface area (Å²) in [5, 5.41) is 0.870. The monoisotopic (exact) mass is 258 g/mol. The van der Waals surface area contributed by atoms with Gasteiger partial charge in [0.05, 0.1) is 0 Å². The molecule has 3 nitrogen and oxygen atoms in total. The summed E-state index contributed by atoms with van der Waals surface area (Å²) in [4.78, 5) is 17.0. The predicted molar refractivity (Wildman–Crippen MR) is 72.2 cm³/mol. The number of hydrogen-bond acceptors (Lipinski definition) is 1. The summed E-state index contributed by atoms with van der Waals surface area (Å²) in [5.41, 5.74) is 3.59. The first-order valence-electron chi connectivity index (χ1n) is 6.30. The van der Waals surface area contributed by atoms with Crippen molar-refractivity contribution in [1.82, 2.24) is 9.88 Å². The van der Waals surface area contributed by atoms with E-state index in [2.05, 4.69) is 11.6 Å². The van der Waals surface area contributed by atoms with Crippen LogP contribution in [-0.2, 0) is 17.8 Å². The lowest BCUT2D eigenvalue weighted by Gasteiger charge is -2.27. The van der Waals surface area contributed by atoms with E-state index in [0.717, 1.165) is 28.6 Å². The van der Waals surface area contributed by atoms with Crippen molar-refractivity contribution in [1.29, 1.82) is 0 Å². The molecule has 19 heavy (non-hydrogen) atoms. The van der Waals surface area contributed by atoms with Crippen LogP contribution in [0.15, 0.2) is 30.4 Å². The zero-order valence-corrected chi connectivity index (χ0v) is 10.8. The third-order valence-electron chi connectivity index (χ3n) is 3.59. The highest BCUT2D eigenvalue weighted by Crippen LogP contribution is 2.28. The van der Waals surface area contributed by atoms with Crippen LogP contribution in [0.5, 0.6) is 0 Å². The Hall–Kier alpha value is -2.10. The number of aromatic amines is 1. The third-order valence-corrected chi connectivity index (χ3v) is 3.59. The van der Waals surface area contributed by atoms with Crippen LogP contribution in [0.2, 0.25) is 0 Å². The largest absolute Gasteiger partial charge is 0.358 e. The predicted octanol–water partition coefficient (Wildman–Crippen LogP) is 2.77. The van der Waals surface area contributed by atoms with Crippen LogP contribution < -0.4 is 0 Å². The maximum atomic E-state index is 13.4. The van der Waals surface area contributed by atoms with Gasteiger partial charge in [0.1, 0.15) is 5.82 Å². The Kier molecular flexibility index (Phi) is 2.66. The SMILES string of the molecule is C=C(C)C(=O)N1CCc2[nH]c3ccc(F)cc3c2C1. The van der Waals surface area contributed by atoms with Crippen LogP contribution in [0.1, 0.15) is 18.2 Å². The minimum absolute atomic E-state index is 0.0311. The average molecular weight is 258 g/mol. The zero-order valence-electron chi connectivity index (χ0n) is 10.8. The molecule has 1 aromatic heterocycles. The smallest absolute Gasteiger partial charge is 0.249 e. The van der Waals surface area contributed by atoms with Crippen LogP contribution in [0, 0.1) is 5.82 Å². The second-order valence-electron chi connectivity index (χ2n) is 5.03. The Morgan fingerprint density at radius 2 is 2.26 bits per heavy atom. The number of halogens is 1. The Morgan fingerprint density at radius 3 is 3.00 bits per heavy atom. The number of amides is 1. The highest BCUT2D eigenvalue weighted by atomic mass is 19.1. The fourth-order valence-electron chi connectivity index (χ4n) is 2.63. The topological polar surface area (TPSA) is 36.1 Å². The summed E-state index contributed by atoms with van der Waals surface area (Å²) in [6.07, 6.45) is 0.769. The van der Waals surface area contributed by atoms with E-state index in [-0.39, 0.29) is 11.7 Å². The molecular weight excluding hydrogens is 243 g/mol. The van der Waals surface area contributed by atoms with E-state index in [1.807, 2.05) is 0 Å². The molecular formula is C15H15FN2O. The minimum Gasteiger partial charge on any atom is -0.358 e. The van der Waals surface area contributed by atoms with Crippen LogP contribution in [0.3, 0.4) is 0 Å². The van der Waals surface area contributed by atoms with Crippen molar-refractivity contribution in [2.75, 3.05) is 6.54 Å². The number of carbonyl (C=O) groups is 1. The summed E-state index contributed by atoms with van der Waals surface area (Å²) in [6.45, 7) is 6.60. The highest BCUT2D eigenvalue weighted by molar-refractivity contribution is 5.93. The van der Waals surface area contributed by atoms with E-state index in [9.17, 15) is 9.18 Å². The van der Waals surface area contributed by atoms with Crippen LogP contribution >= 0.6 is 0 Å². The molecule has 0 fully saturated rings. The first-order valence-corrected chi connectivity index (χ1v) is 6.30. The van der Waals surface area contributed by atoms with E-state index in [1.54, 1.807) is 17.9 Å². The van der Waals surface area contributed by atoms with Crippen LogP contribution in [-0.4, -0.2) is 22.3 Å². The maximum Gasteiger partial charge on any atom is 0.249 e. The van der Waals surface area contributed by atoms with Crippen molar-refractivity contribution < 1.29 is 9.18 Å². The zero-order chi connectivity index (χ0) is 13.6. The average Bonchev–Trinajstić information content (AvgIpc) is 2.75. The molecule has 0 aliphatic carbocycles. The molecule has 0 unspecified atom stereocenters. The molecule has 98 valence electrons. The summed E-state index contributed by atoms with van der Waals surface area (Å²) in [5.74, 6) is -0.283. The third kappa shape index (κ3) is 1.93. The van der Waals surface area contributed by atoms with Crippen LogP contribution in [0.25, 0.3) is 10.9 Å². The summed E-state index contributed by atoms with van der Waals surface area (Å²) >= 11 is 0. The molecule has 1 aromatic carbocycles. The van der Waals surface area contributed by atoms with Crippen LogP contribution in [0.4, 0.5) is 4.39 Å². The Morgan fingerprint density at radius 1 is 1.47 bits per heavy atom. The molecule has 1 aliphatic rings. The van der Waals surface area contributed by atoms with Gasteiger partial charge in [-0.15, -0.1) is 0 Å². The Balaban J connectivity index is 2.04. The fraction of sp³-hybridized carbons (Fsp3) is 0.267. The molecule has 4 heteroatoms. The van der Waals surface area contributed by atoms with Gasteiger partial charge in [-0.3, -0.25) is 4.79 Å². The number of fused-ring (bicyclic) bond motifs is 3. The molecule has 0 atom stereocenters. The van der Waals surface area contributed by atoms with Gasteiger partial charge in [0, 0.05) is 47.2 Å². The van der Waals surface area contributed by atoms with Gasteiger partial charge < -0.3 is 9.88 Å². The number of H-pyrrole nitrogens is 1. The van der Waals surface area contributed by atoms with Gasteiger partial charge in [-0.1, -0.05) is 6.58 Å². The first kappa shape index (κ1) is 12.0. The number of rotatable bonds is 1. The van der Waals surface area contributed by atoms with E-state index in [0.29, 0.717) is 18.7 Å². The van der Waals surface area contributed by atoms with Gasteiger partial charge in [-0.2, -0.15) is 0 Å². The number of nitrogens with one attached hydrogen (secondary N) is 1. The van der Waals surface area contributed by atoms with Gasteiger partial charge in [-0.25, -0.2) is 4.39 Å². The minimum atomic E-state index is -0.252. The van der Waals surface area contributed by atoms with E-state index in [1.165, 1.54) is 12.1 Å². The number of carbonyl (C=O) groups excluding carboxylic acids is 1. The fourth-order valence-corrected chi connectivity index (χ4v) is 2.63. The van der Waals surface area contributed by atoms with Crippen molar-refractivity contribution in [3.63, 3.8) is 0 Å². The van der Waals surface area contributed by atoms with Crippen molar-refractivity contribution in [3.05, 3.63) is 47.4 Å². The molecule has 2 heterocycles. The summed E-state index contributed by atoms with van der Waals surface area (Å²) < 4.78 is 13.4. The highest BCUT2D eigenvalue weighted by Gasteiger charge is 2.24. The van der Waals surface area contributed by atoms with E-state index >= 15 is 0 Å². The molecule has 0 saturated heterocycles. The van der Waals surface area contributed by atoms with Crippen molar-refractivity contribution >= 4 is 16.8 Å². The molecule has 0 radical (unpaired) electrons. The summed E-state index contributed by atoms with van der Waals surface area (Å²) in [6, 6.07) is 4.72. The van der Waals surface area contributed by atoms with Gasteiger partial charge in [0.15, 0.2) is 0 Å². The lowest BCUT2D eigenvalue weighted by molar-refractivity contribution is -0.127. The number of aromatic nitrogens is 1. The molecule has 1 N–H and O–H groups in total. The van der Waals surface area contributed by atoms with E-state index < -0.39 is 0 Å². The molecule has 0 saturated carbocycles. The number of benzene rings is 1. The first-order chi connectivity index (χ1) is 9.06. The van der Waals surface area contributed by atoms with Crippen molar-refractivity contribution in [2.24, 2.45) is 0 Å². The van der Waals surface area contributed by atoms with Gasteiger partial charge in [0.2, 0.25) is 5.91 Å². The normalized spacial score (nSPS) is 14.5.